The van der Waals surface area contributed by atoms with Gasteiger partial charge in [0, 0.05) is 0 Å². The Morgan fingerprint density at radius 1 is 0.444 bits per heavy atom. The number of aliphatic hydroxyl groups excluding tert-OH is 1. The minimum atomic E-state index is 0.329. The van der Waals surface area contributed by atoms with Crippen molar-refractivity contribution in [3.8, 4) is 0 Å². The van der Waals surface area contributed by atoms with Gasteiger partial charge in [0.1, 0.15) is 6.54 Å². The van der Waals surface area contributed by atoms with E-state index < -0.39 is 0 Å². The van der Waals surface area contributed by atoms with E-state index in [-0.39, 0.29) is 0 Å². The molecule has 0 radical (unpaired) electrons. The zero-order valence-electron chi connectivity index (χ0n) is 27.1. The Balaban J connectivity index is -0.000000459. The number of hydrogen-bond donors (Lipinski definition) is 1. The lowest BCUT2D eigenvalue weighted by atomic mass is 10.2. The predicted molar refractivity (Wildman–Crippen MR) is 166 cm³/mol. The second kappa shape index (κ2) is 32.9. The second-order valence-corrected chi connectivity index (χ2v) is 10.4. The van der Waals surface area contributed by atoms with Crippen LogP contribution in [0.1, 0.15) is 139 Å². The highest BCUT2D eigenvalue weighted by Gasteiger charge is 2.21. The first-order valence-corrected chi connectivity index (χ1v) is 16.3. The number of quaternary nitrogens is 1. The van der Waals surface area contributed by atoms with Gasteiger partial charge in [0.25, 0.3) is 0 Å². The van der Waals surface area contributed by atoms with E-state index in [2.05, 4.69) is 72.1 Å². The van der Waals surface area contributed by atoms with Crippen LogP contribution >= 0.6 is 0 Å². The number of unbranched alkanes of at least 4 members (excludes halogenated alkanes) is 9. The number of nitrogens with zero attached hydrogens (tertiary/aromatic N) is 3. The Kier molecular flexibility index (Phi) is 36.8. The molecule has 222 valence electrons. The fourth-order valence-electron chi connectivity index (χ4n) is 4.66. The summed E-state index contributed by atoms with van der Waals surface area (Å²) in [7, 11) is 0. The third-order valence-corrected chi connectivity index (χ3v) is 7.85. The van der Waals surface area contributed by atoms with Crippen LogP contribution in [0.15, 0.2) is 0 Å². The van der Waals surface area contributed by atoms with Gasteiger partial charge in [0.05, 0.1) is 26.2 Å². The van der Waals surface area contributed by atoms with Crippen molar-refractivity contribution in [1.29, 1.82) is 0 Å². The smallest absolute Gasteiger partial charge is 0.102 e. The van der Waals surface area contributed by atoms with E-state index in [1.54, 1.807) is 0 Å². The monoisotopic (exact) mass is 517 g/mol. The summed E-state index contributed by atoms with van der Waals surface area (Å²) in [5, 5.41) is 9.05. The lowest BCUT2D eigenvalue weighted by Crippen LogP contribution is -2.50. The van der Waals surface area contributed by atoms with Gasteiger partial charge in [-0.3, -0.25) is 0 Å². The largest absolute Gasteiger partial charge is 0.391 e. The van der Waals surface area contributed by atoms with Gasteiger partial charge in [0.2, 0.25) is 0 Å². The van der Waals surface area contributed by atoms with Crippen molar-refractivity contribution in [2.75, 3.05) is 72.1 Å². The highest BCUT2D eigenvalue weighted by molar-refractivity contribution is 4.53. The van der Waals surface area contributed by atoms with Crippen LogP contribution in [0.4, 0.5) is 0 Å². The van der Waals surface area contributed by atoms with Crippen molar-refractivity contribution in [1.82, 2.24) is 9.80 Å². The number of hydrogen-bond acceptors (Lipinski definition) is 3. The molecule has 0 fully saturated rings. The zero-order valence-corrected chi connectivity index (χ0v) is 27.1. The summed E-state index contributed by atoms with van der Waals surface area (Å²) in [6.45, 7) is 32.5. The molecule has 0 amide bonds. The molecule has 0 unspecified atom stereocenters. The van der Waals surface area contributed by atoms with Gasteiger partial charge in [-0.05, 0) is 78.8 Å². The van der Waals surface area contributed by atoms with Crippen molar-refractivity contribution >= 4 is 0 Å². The molecular weight excluding hydrogens is 442 g/mol. The Morgan fingerprint density at radius 2 is 0.806 bits per heavy atom. The van der Waals surface area contributed by atoms with E-state index in [0.29, 0.717) is 6.61 Å². The number of likely N-dealkylation sites (N-methyl/N-ethyl adjacent to an activating group) is 1. The average Bonchev–Trinajstić information content (AvgIpc) is 2.91. The molecule has 4 heteroatoms. The number of rotatable bonds is 23. The van der Waals surface area contributed by atoms with Gasteiger partial charge < -0.3 is 19.4 Å². The molecule has 0 heterocycles. The predicted octanol–water partition coefficient (Wildman–Crippen LogP) is 8.23. The normalized spacial score (nSPS) is 11.3. The standard InChI is InChI=1S/C12H28NO.2C10H23N/c1-4-7-8-9-10-13(5-2,6-3)11-12-14;2*1-4-7-8-9-10-11(5-2)6-3/h14H,4-12H2,1-3H3;2*4-10H2,1-3H3/q+1;;. The molecule has 0 atom stereocenters. The van der Waals surface area contributed by atoms with Crippen molar-refractivity contribution in [2.45, 2.75) is 139 Å². The van der Waals surface area contributed by atoms with Crippen LogP contribution in [0.2, 0.25) is 0 Å². The van der Waals surface area contributed by atoms with E-state index in [0.717, 1.165) is 24.1 Å². The number of aliphatic hydroxyl groups is 1. The summed E-state index contributed by atoms with van der Waals surface area (Å²) in [4.78, 5) is 4.99. The van der Waals surface area contributed by atoms with E-state index in [1.165, 1.54) is 123 Å². The van der Waals surface area contributed by atoms with Gasteiger partial charge in [0.15, 0.2) is 0 Å². The third-order valence-electron chi connectivity index (χ3n) is 7.85. The molecule has 0 saturated carbocycles. The van der Waals surface area contributed by atoms with Crippen LogP contribution in [0, 0.1) is 0 Å². The lowest BCUT2D eigenvalue weighted by Gasteiger charge is -2.36. The highest BCUT2D eigenvalue weighted by atomic mass is 16.3. The Hall–Kier alpha value is -0.160. The van der Waals surface area contributed by atoms with Gasteiger partial charge in [-0.2, -0.15) is 0 Å². The molecule has 0 saturated heterocycles. The van der Waals surface area contributed by atoms with Gasteiger partial charge >= 0.3 is 0 Å². The van der Waals surface area contributed by atoms with Crippen LogP contribution in [0.3, 0.4) is 0 Å². The van der Waals surface area contributed by atoms with E-state index in [1.807, 2.05) is 0 Å². The Labute approximate surface area is 230 Å². The topological polar surface area (TPSA) is 26.7 Å². The van der Waals surface area contributed by atoms with Crippen molar-refractivity contribution in [2.24, 2.45) is 0 Å². The molecule has 0 aliphatic carbocycles. The van der Waals surface area contributed by atoms with E-state index in [9.17, 15) is 0 Å². The molecule has 0 spiro atoms. The van der Waals surface area contributed by atoms with E-state index >= 15 is 0 Å². The van der Waals surface area contributed by atoms with Gasteiger partial charge in [-0.15, -0.1) is 0 Å². The molecule has 0 rings (SSSR count). The van der Waals surface area contributed by atoms with Crippen molar-refractivity contribution < 1.29 is 9.59 Å². The average molecular weight is 517 g/mol. The van der Waals surface area contributed by atoms with Crippen LogP contribution in [0.25, 0.3) is 0 Å². The quantitative estimate of drug-likeness (QED) is 0.109. The second-order valence-electron chi connectivity index (χ2n) is 10.4. The summed E-state index contributed by atoms with van der Waals surface area (Å²) < 4.78 is 1.10. The van der Waals surface area contributed by atoms with Gasteiger partial charge in [-0.1, -0.05) is 99.8 Å². The van der Waals surface area contributed by atoms with Gasteiger partial charge in [-0.25, -0.2) is 0 Å². The van der Waals surface area contributed by atoms with Crippen LogP contribution in [0.5, 0.6) is 0 Å². The highest BCUT2D eigenvalue weighted by Crippen LogP contribution is 2.10. The summed E-state index contributed by atoms with van der Waals surface area (Å²) >= 11 is 0. The van der Waals surface area contributed by atoms with Crippen molar-refractivity contribution in [3.63, 3.8) is 0 Å². The maximum absolute atomic E-state index is 9.05. The fraction of sp³-hybridized carbons (Fsp3) is 1.00. The van der Waals surface area contributed by atoms with Crippen LogP contribution < -0.4 is 0 Å². The molecular formula is C32H74N3O+. The minimum Gasteiger partial charge on any atom is -0.391 e. The zero-order chi connectivity index (χ0) is 27.9. The lowest BCUT2D eigenvalue weighted by molar-refractivity contribution is -0.925. The summed E-state index contributed by atoms with van der Waals surface area (Å²) in [5.74, 6) is 0. The first-order valence-electron chi connectivity index (χ1n) is 16.3. The van der Waals surface area contributed by atoms with E-state index in [4.69, 9.17) is 5.11 Å². The van der Waals surface area contributed by atoms with Crippen molar-refractivity contribution in [3.05, 3.63) is 0 Å². The molecule has 0 aromatic rings. The summed E-state index contributed by atoms with van der Waals surface area (Å²) in [6, 6.07) is 0. The molecule has 0 aliphatic heterocycles. The maximum atomic E-state index is 9.05. The molecule has 1 N–H and O–H groups in total. The first-order chi connectivity index (χ1) is 17.4. The van der Waals surface area contributed by atoms with Crippen LogP contribution in [-0.2, 0) is 0 Å². The third kappa shape index (κ3) is 26.9. The molecule has 36 heavy (non-hydrogen) atoms. The Morgan fingerprint density at radius 3 is 1.08 bits per heavy atom. The molecule has 0 aromatic heterocycles. The minimum absolute atomic E-state index is 0.329. The first kappa shape index (κ1) is 40.3. The molecule has 0 aromatic carbocycles. The Bertz CT molecular complexity index is 346. The molecule has 4 nitrogen and oxygen atoms in total. The SMILES string of the molecule is CCCCCCN(CC)CC.CCCCCCN(CC)CC.CCCCCC[N+](CC)(CC)CCO. The fourth-order valence-corrected chi connectivity index (χ4v) is 4.66. The maximum Gasteiger partial charge on any atom is 0.102 e. The molecule has 0 aliphatic rings. The summed E-state index contributed by atoms with van der Waals surface area (Å²) in [5.41, 5.74) is 0. The summed E-state index contributed by atoms with van der Waals surface area (Å²) in [6.07, 6.45) is 16.4. The molecule has 0 bridgehead atoms. The van der Waals surface area contributed by atoms with Crippen LogP contribution in [-0.4, -0.2) is 91.4 Å².